The Balaban J connectivity index is 0.00000242. The summed E-state index contributed by atoms with van der Waals surface area (Å²) in [6.45, 7) is 2.35. The fourth-order valence-corrected chi connectivity index (χ4v) is 1.93. The van der Waals surface area contributed by atoms with Gasteiger partial charge in [0.05, 0.1) is 6.54 Å². The van der Waals surface area contributed by atoms with Crippen molar-refractivity contribution in [2.45, 2.75) is 13.0 Å². The molecule has 0 spiro atoms. The van der Waals surface area contributed by atoms with Crippen molar-refractivity contribution < 1.29 is 0 Å². The van der Waals surface area contributed by atoms with E-state index in [2.05, 4.69) is 25.7 Å². The van der Waals surface area contributed by atoms with Gasteiger partial charge in [-0.2, -0.15) is 5.10 Å². The molecule has 2 aromatic heterocycles. The zero-order valence-electron chi connectivity index (χ0n) is 12.4. The molecular formula is C14H20ClIN6. The highest BCUT2D eigenvalue weighted by atomic mass is 127. The molecule has 0 aromatic carbocycles. The average molecular weight is 435 g/mol. The lowest BCUT2D eigenvalue weighted by Gasteiger charge is -2.11. The van der Waals surface area contributed by atoms with Crippen LogP contribution in [0.5, 0.6) is 0 Å². The first-order chi connectivity index (χ1) is 10.3. The van der Waals surface area contributed by atoms with E-state index >= 15 is 0 Å². The standard InChI is InChI=1S/C14H19ClN6.HI/c1-16-14(18-8-10-21-9-2-6-20-21)17-7-5-12-3-4-13(15)19-11-12;/h2-4,6,9,11H,5,7-8,10H2,1H3,(H2,16,17,18);1H. The third-order valence-electron chi connectivity index (χ3n) is 2.91. The molecule has 0 saturated heterocycles. The van der Waals surface area contributed by atoms with Gasteiger partial charge in [-0.3, -0.25) is 9.67 Å². The molecule has 8 heteroatoms. The third kappa shape index (κ3) is 6.61. The lowest BCUT2D eigenvalue weighted by Crippen LogP contribution is -2.39. The lowest BCUT2D eigenvalue weighted by molar-refractivity contribution is 0.597. The monoisotopic (exact) mass is 434 g/mol. The van der Waals surface area contributed by atoms with Crippen molar-refractivity contribution in [2.75, 3.05) is 20.1 Å². The molecule has 2 aromatic rings. The zero-order chi connectivity index (χ0) is 14.9. The van der Waals surface area contributed by atoms with Gasteiger partial charge in [-0.25, -0.2) is 4.98 Å². The molecular weight excluding hydrogens is 415 g/mol. The van der Waals surface area contributed by atoms with Crippen LogP contribution >= 0.6 is 35.6 Å². The zero-order valence-corrected chi connectivity index (χ0v) is 15.5. The van der Waals surface area contributed by atoms with Crippen LogP contribution in [0.2, 0.25) is 5.15 Å². The normalized spacial score (nSPS) is 10.9. The Morgan fingerprint density at radius 1 is 1.32 bits per heavy atom. The van der Waals surface area contributed by atoms with Crippen molar-refractivity contribution in [3.05, 3.63) is 47.5 Å². The fourth-order valence-electron chi connectivity index (χ4n) is 1.82. The summed E-state index contributed by atoms with van der Waals surface area (Å²) in [7, 11) is 1.76. The highest BCUT2D eigenvalue weighted by Gasteiger charge is 1.99. The van der Waals surface area contributed by atoms with Crippen LogP contribution in [0.3, 0.4) is 0 Å². The molecule has 0 aliphatic heterocycles. The van der Waals surface area contributed by atoms with Gasteiger partial charge in [0, 0.05) is 38.7 Å². The molecule has 0 atom stereocenters. The minimum absolute atomic E-state index is 0. The summed E-state index contributed by atoms with van der Waals surface area (Å²) in [5.74, 6) is 0.782. The van der Waals surface area contributed by atoms with E-state index in [1.54, 1.807) is 25.5 Å². The number of hydrogen-bond acceptors (Lipinski definition) is 3. The summed E-state index contributed by atoms with van der Waals surface area (Å²) in [6, 6.07) is 5.69. The Bertz CT molecular complexity index is 555. The summed E-state index contributed by atoms with van der Waals surface area (Å²) >= 11 is 5.76. The molecule has 2 rings (SSSR count). The van der Waals surface area contributed by atoms with E-state index in [1.807, 2.05) is 23.0 Å². The molecule has 0 amide bonds. The summed E-state index contributed by atoms with van der Waals surface area (Å²) < 4.78 is 1.87. The number of aliphatic imine (C=N–C) groups is 1. The Morgan fingerprint density at radius 3 is 2.77 bits per heavy atom. The minimum atomic E-state index is 0. The van der Waals surface area contributed by atoms with Crippen LogP contribution in [0.4, 0.5) is 0 Å². The van der Waals surface area contributed by atoms with Gasteiger partial charge >= 0.3 is 0 Å². The maximum atomic E-state index is 5.76. The van der Waals surface area contributed by atoms with Crippen molar-refractivity contribution in [1.29, 1.82) is 0 Å². The molecule has 22 heavy (non-hydrogen) atoms. The summed E-state index contributed by atoms with van der Waals surface area (Å²) in [6.07, 6.45) is 6.36. The van der Waals surface area contributed by atoms with Crippen LogP contribution < -0.4 is 10.6 Å². The maximum absolute atomic E-state index is 5.76. The molecule has 120 valence electrons. The number of hydrogen-bond donors (Lipinski definition) is 2. The second-order valence-electron chi connectivity index (χ2n) is 4.43. The van der Waals surface area contributed by atoms with Gasteiger partial charge in [-0.05, 0) is 24.1 Å². The number of nitrogens with zero attached hydrogens (tertiary/aromatic N) is 4. The van der Waals surface area contributed by atoms with Gasteiger partial charge in [0.15, 0.2) is 5.96 Å². The predicted molar refractivity (Wildman–Crippen MR) is 100.0 cm³/mol. The van der Waals surface area contributed by atoms with Crippen LogP contribution in [0.1, 0.15) is 5.56 Å². The first-order valence-corrected chi connectivity index (χ1v) is 7.18. The molecule has 0 saturated carbocycles. The van der Waals surface area contributed by atoms with Gasteiger partial charge in [0.1, 0.15) is 5.15 Å². The van der Waals surface area contributed by atoms with Crippen molar-refractivity contribution in [3.63, 3.8) is 0 Å². The van der Waals surface area contributed by atoms with Gasteiger partial charge in [0.2, 0.25) is 0 Å². The molecule has 0 radical (unpaired) electrons. The number of rotatable bonds is 6. The van der Waals surface area contributed by atoms with E-state index in [4.69, 9.17) is 11.6 Å². The largest absolute Gasteiger partial charge is 0.356 e. The van der Waals surface area contributed by atoms with E-state index in [0.29, 0.717) is 5.15 Å². The molecule has 2 heterocycles. The topological polar surface area (TPSA) is 67.1 Å². The van der Waals surface area contributed by atoms with E-state index in [0.717, 1.165) is 37.6 Å². The van der Waals surface area contributed by atoms with Crippen LogP contribution in [0.25, 0.3) is 0 Å². The molecule has 0 fully saturated rings. The van der Waals surface area contributed by atoms with Crippen molar-refractivity contribution >= 4 is 41.5 Å². The van der Waals surface area contributed by atoms with Crippen LogP contribution in [0.15, 0.2) is 41.8 Å². The highest BCUT2D eigenvalue weighted by molar-refractivity contribution is 14.0. The van der Waals surface area contributed by atoms with Gasteiger partial charge in [-0.1, -0.05) is 17.7 Å². The Morgan fingerprint density at radius 2 is 2.14 bits per heavy atom. The summed E-state index contributed by atoms with van der Waals surface area (Å²) in [5, 5.41) is 11.2. The predicted octanol–water partition coefficient (Wildman–Crippen LogP) is 1.96. The number of pyridine rings is 1. The fraction of sp³-hybridized carbons (Fsp3) is 0.357. The van der Waals surface area contributed by atoms with Crippen LogP contribution in [0, 0.1) is 0 Å². The van der Waals surface area contributed by atoms with E-state index in [9.17, 15) is 0 Å². The molecule has 0 unspecified atom stereocenters. The van der Waals surface area contributed by atoms with E-state index < -0.39 is 0 Å². The molecule has 0 bridgehead atoms. The SMILES string of the molecule is CN=C(NCCc1ccc(Cl)nc1)NCCn1cccn1.I. The van der Waals surface area contributed by atoms with Gasteiger partial charge < -0.3 is 10.6 Å². The second-order valence-corrected chi connectivity index (χ2v) is 4.82. The van der Waals surface area contributed by atoms with Crippen molar-refractivity contribution in [1.82, 2.24) is 25.4 Å². The third-order valence-corrected chi connectivity index (χ3v) is 3.13. The second kappa shape index (κ2) is 10.4. The minimum Gasteiger partial charge on any atom is -0.356 e. The highest BCUT2D eigenvalue weighted by Crippen LogP contribution is 2.05. The first kappa shape index (κ1) is 18.7. The molecule has 0 aliphatic rings. The van der Waals surface area contributed by atoms with Crippen LogP contribution in [-0.2, 0) is 13.0 Å². The quantitative estimate of drug-likeness (QED) is 0.316. The number of aromatic nitrogens is 3. The average Bonchev–Trinajstić information content (AvgIpc) is 3.01. The van der Waals surface area contributed by atoms with Crippen LogP contribution in [-0.4, -0.2) is 40.9 Å². The van der Waals surface area contributed by atoms with Gasteiger partial charge in [-0.15, -0.1) is 24.0 Å². The summed E-state index contributed by atoms with van der Waals surface area (Å²) in [4.78, 5) is 8.24. The van der Waals surface area contributed by atoms with Gasteiger partial charge in [0.25, 0.3) is 0 Å². The van der Waals surface area contributed by atoms with E-state index in [-0.39, 0.29) is 24.0 Å². The van der Waals surface area contributed by atoms with E-state index in [1.165, 1.54) is 0 Å². The Kier molecular flexibility index (Phi) is 8.83. The lowest BCUT2D eigenvalue weighted by atomic mass is 10.2. The smallest absolute Gasteiger partial charge is 0.191 e. The summed E-state index contributed by atoms with van der Waals surface area (Å²) in [5.41, 5.74) is 1.14. The maximum Gasteiger partial charge on any atom is 0.191 e. The number of guanidine groups is 1. The van der Waals surface area contributed by atoms with Crippen molar-refractivity contribution in [3.8, 4) is 0 Å². The first-order valence-electron chi connectivity index (χ1n) is 6.80. The Hall–Kier alpha value is -1.35. The van der Waals surface area contributed by atoms with Crippen molar-refractivity contribution in [2.24, 2.45) is 4.99 Å². The number of nitrogens with one attached hydrogen (secondary N) is 2. The molecule has 0 aliphatic carbocycles. The number of halogens is 2. The molecule has 6 nitrogen and oxygen atoms in total. The molecule has 2 N–H and O–H groups in total. The Labute approximate surface area is 152 Å².